The van der Waals surface area contributed by atoms with Gasteiger partial charge in [-0.15, -0.1) is 0 Å². The van der Waals surface area contributed by atoms with E-state index < -0.39 is 0 Å². The zero-order valence-electron chi connectivity index (χ0n) is 8.05. The minimum Gasteiger partial charge on any atom is -0.396 e. The summed E-state index contributed by atoms with van der Waals surface area (Å²) in [6.45, 7) is 6.33. The van der Waals surface area contributed by atoms with Crippen LogP contribution in [0.4, 0.5) is 0 Å². The number of likely N-dealkylation sites (tertiary alicyclic amines) is 1. The van der Waals surface area contributed by atoms with Crippen molar-refractivity contribution in [2.75, 3.05) is 40.0 Å². The van der Waals surface area contributed by atoms with E-state index in [2.05, 4.69) is 11.8 Å². The molecule has 1 atom stereocenters. The van der Waals surface area contributed by atoms with E-state index in [0.29, 0.717) is 6.61 Å². The minimum atomic E-state index is 0.133. The summed E-state index contributed by atoms with van der Waals surface area (Å²) in [6, 6.07) is 0. The van der Waals surface area contributed by atoms with Crippen molar-refractivity contribution in [3.05, 3.63) is 0 Å². The highest BCUT2D eigenvalue weighted by Gasteiger charge is 2.32. The Labute approximate surface area is 74.3 Å². The molecule has 1 fully saturated rings. The second kappa shape index (κ2) is 4.21. The summed E-state index contributed by atoms with van der Waals surface area (Å²) in [5.74, 6) is 0. The van der Waals surface area contributed by atoms with Crippen LogP contribution in [0.15, 0.2) is 0 Å². The van der Waals surface area contributed by atoms with E-state index in [-0.39, 0.29) is 5.41 Å². The van der Waals surface area contributed by atoms with E-state index in [0.717, 1.165) is 32.7 Å². The molecule has 0 amide bonds. The maximum absolute atomic E-state index is 9.11. The van der Waals surface area contributed by atoms with Crippen LogP contribution in [0.2, 0.25) is 0 Å². The molecular weight excluding hydrogens is 154 g/mol. The summed E-state index contributed by atoms with van der Waals surface area (Å²) >= 11 is 0. The fraction of sp³-hybridized carbons (Fsp3) is 1.00. The first-order chi connectivity index (χ1) is 5.70. The van der Waals surface area contributed by atoms with Crippen molar-refractivity contribution < 1.29 is 9.84 Å². The average molecular weight is 173 g/mol. The van der Waals surface area contributed by atoms with Gasteiger partial charge >= 0.3 is 0 Å². The largest absolute Gasteiger partial charge is 0.396 e. The van der Waals surface area contributed by atoms with Crippen LogP contribution in [0, 0.1) is 5.41 Å². The fourth-order valence-corrected chi connectivity index (χ4v) is 1.67. The Morgan fingerprint density at radius 1 is 1.58 bits per heavy atom. The predicted octanol–water partition coefficient (Wildman–Crippen LogP) is 0.337. The number of methoxy groups -OCH3 is 1. The van der Waals surface area contributed by atoms with Gasteiger partial charge in [0.25, 0.3) is 0 Å². The Morgan fingerprint density at radius 3 is 2.83 bits per heavy atom. The normalized spacial score (nSPS) is 31.2. The van der Waals surface area contributed by atoms with E-state index in [1.54, 1.807) is 7.11 Å². The fourth-order valence-electron chi connectivity index (χ4n) is 1.67. The van der Waals surface area contributed by atoms with Crippen LogP contribution in [-0.4, -0.2) is 50.0 Å². The van der Waals surface area contributed by atoms with Crippen molar-refractivity contribution in [2.24, 2.45) is 5.41 Å². The quantitative estimate of drug-likeness (QED) is 0.665. The van der Waals surface area contributed by atoms with Gasteiger partial charge in [0, 0.05) is 32.2 Å². The molecule has 1 saturated heterocycles. The molecule has 1 heterocycles. The van der Waals surface area contributed by atoms with Gasteiger partial charge in [-0.25, -0.2) is 0 Å². The summed E-state index contributed by atoms with van der Waals surface area (Å²) < 4.78 is 5.00. The Bertz CT molecular complexity index is 138. The zero-order chi connectivity index (χ0) is 9.03. The van der Waals surface area contributed by atoms with Crippen LogP contribution in [0.1, 0.15) is 13.3 Å². The van der Waals surface area contributed by atoms with Crippen LogP contribution in [0.5, 0.6) is 0 Å². The lowest BCUT2D eigenvalue weighted by Crippen LogP contribution is -2.29. The molecule has 0 aromatic heterocycles. The number of hydrogen-bond acceptors (Lipinski definition) is 3. The van der Waals surface area contributed by atoms with Crippen LogP contribution >= 0.6 is 0 Å². The molecular formula is C9H19NO2. The molecule has 1 unspecified atom stereocenters. The van der Waals surface area contributed by atoms with Gasteiger partial charge < -0.3 is 14.7 Å². The Kier molecular flexibility index (Phi) is 3.50. The van der Waals surface area contributed by atoms with E-state index in [1.807, 2.05) is 0 Å². The highest BCUT2D eigenvalue weighted by Crippen LogP contribution is 2.28. The third kappa shape index (κ3) is 2.44. The van der Waals surface area contributed by atoms with E-state index in [9.17, 15) is 0 Å². The molecule has 12 heavy (non-hydrogen) atoms. The monoisotopic (exact) mass is 173 g/mol. The van der Waals surface area contributed by atoms with Gasteiger partial charge in [-0.3, -0.25) is 0 Å². The second-order valence-corrected chi connectivity index (χ2v) is 3.99. The van der Waals surface area contributed by atoms with Crippen molar-refractivity contribution in [3.8, 4) is 0 Å². The van der Waals surface area contributed by atoms with Gasteiger partial charge in [0.05, 0.1) is 6.61 Å². The van der Waals surface area contributed by atoms with Crippen molar-refractivity contribution in [3.63, 3.8) is 0 Å². The molecule has 0 aromatic carbocycles. The van der Waals surface area contributed by atoms with E-state index in [1.165, 1.54) is 0 Å². The molecule has 72 valence electrons. The molecule has 0 saturated carbocycles. The molecule has 0 bridgehead atoms. The lowest BCUT2D eigenvalue weighted by atomic mass is 9.91. The lowest BCUT2D eigenvalue weighted by Gasteiger charge is -2.21. The SMILES string of the molecule is COCCN1CCC(C)(CO)C1. The van der Waals surface area contributed by atoms with Crippen molar-refractivity contribution in [1.29, 1.82) is 0 Å². The van der Waals surface area contributed by atoms with Crippen LogP contribution in [0.3, 0.4) is 0 Å². The second-order valence-electron chi connectivity index (χ2n) is 3.99. The Morgan fingerprint density at radius 2 is 2.33 bits per heavy atom. The topological polar surface area (TPSA) is 32.7 Å². The van der Waals surface area contributed by atoms with Gasteiger partial charge in [-0.2, -0.15) is 0 Å². The predicted molar refractivity (Wildman–Crippen MR) is 48.1 cm³/mol. The number of ether oxygens (including phenoxy) is 1. The number of aliphatic hydroxyl groups is 1. The lowest BCUT2D eigenvalue weighted by molar-refractivity contribution is 0.127. The molecule has 3 heteroatoms. The standard InChI is InChI=1S/C9H19NO2/c1-9(8-11)3-4-10(7-9)5-6-12-2/h11H,3-8H2,1-2H3. The molecule has 1 aliphatic rings. The highest BCUT2D eigenvalue weighted by molar-refractivity contribution is 4.85. The molecule has 0 radical (unpaired) electrons. The van der Waals surface area contributed by atoms with Crippen molar-refractivity contribution in [1.82, 2.24) is 4.90 Å². The zero-order valence-corrected chi connectivity index (χ0v) is 8.05. The molecule has 1 rings (SSSR count). The first-order valence-electron chi connectivity index (χ1n) is 4.52. The summed E-state index contributed by atoms with van der Waals surface area (Å²) in [7, 11) is 1.72. The number of aliphatic hydroxyl groups excluding tert-OH is 1. The highest BCUT2D eigenvalue weighted by atomic mass is 16.5. The molecule has 3 nitrogen and oxygen atoms in total. The maximum Gasteiger partial charge on any atom is 0.0589 e. The molecule has 0 spiro atoms. The Hall–Kier alpha value is -0.120. The van der Waals surface area contributed by atoms with Gasteiger partial charge in [-0.1, -0.05) is 6.92 Å². The minimum absolute atomic E-state index is 0.133. The molecule has 1 N–H and O–H groups in total. The first-order valence-corrected chi connectivity index (χ1v) is 4.52. The number of rotatable bonds is 4. The summed E-state index contributed by atoms with van der Waals surface area (Å²) in [6.07, 6.45) is 1.10. The molecule has 0 aliphatic carbocycles. The molecule has 1 aliphatic heterocycles. The van der Waals surface area contributed by atoms with E-state index in [4.69, 9.17) is 9.84 Å². The van der Waals surface area contributed by atoms with Gasteiger partial charge in [0.15, 0.2) is 0 Å². The maximum atomic E-state index is 9.11. The van der Waals surface area contributed by atoms with E-state index >= 15 is 0 Å². The van der Waals surface area contributed by atoms with Crippen LogP contribution < -0.4 is 0 Å². The van der Waals surface area contributed by atoms with Gasteiger partial charge in [0.1, 0.15) is 0 Å². The summed E-state index contributed by atoms with van der Waals surface area (Å²) in [5.41, 5.74) is 0.133. The smallest absolute Gasteiger partial charge is 0.0589 e. The van der Waals surface area contributed by atoms with Crippen molar-refractivity contribution in [2.45, 2.75) is 13.3 Å². The number of nitrogens with zero attached hydrogens (tertiary/aromatic N) is 1. The number of hydrogen-bond donors (Lipinski definition) is 1. The van der Waals surface area contributed by atoms with Crippen LogP contribution in [-0.2, 0) is 4.74 Å². The van der Waals surface area contributed by atoms with Gasteiger partial charge in [-0.05, 0) is 13.0 Å². The first kappa shape index (κ1) is 9.96. The summed E-state index contributed by atoms with van der Waals surface area (Å²) in [5, 5.41) is 9.11. The van der Waals surface area contributed by atoms with Crippen LogP contribution in [0.25, 0.3) is 0 Å². The Balaban J connectivity index is 2.25. The average Bonchev–Trinajstić information content (AvgIpc) is 2.45. The van der Waals surface area contributed by atoms with Crippen molar-refractivity contribution >= 4 is 0 Å². The third-order valence-corrected chi connectivity index (χ3v) is 2.63. The van der Waals surface area contributed by atoms with Gasteiger partial charge in [0.2, 0.25) is 0 Å². The third-order valence-electron chi connectivity index (χ3n) is 2.63. The molecule has 0 aromatic rings. The summed E-state index contributed by atoms with van der Waals surface area (Å²) in [4.78, 5) is 2.35.